The van der Waals surface area contributed by atoms with Gasteiger partial charge >= 0.3 is 0 Å². The van der Waals surface area contributed by atoms with E-state index in [2.05, 4.69) is 0 Å². The Labute approximate surface area is 144 Å². The van der Waals surface area contributed by atoms with Crippen molar-refractivity contribution in [1.29, 1.82) is 0 Å². The van der Waals surface area contributed by atoms with Gasteiger partial charge in [0.1, 0.15) is 0 Å². The summed E-state index contributed by atoms with van der Waals surface area (Å²) in [7, 11) is 3.94. The summed E-state index contributed by atoms with van der Waals surface area (Å²) >= 11 is 11.9. The number of rotatable bonds is 4. The van der Waals surface area contributed by atoms with Crippen LogP contribution in [0.15, 0.2) is 42.7 Å². The van der Waals surface area contributed by atoms with E-state index in [1.54, 1.807) is 18.2 Å². The quantitative estimate of drug-likeness (QED) is 0.552. The number of hydrogen-bond acceptors (Lipinski definition) is 2. The van der Waals surface area contributed by atoms with Gasteiger partial charge in [-0.25, -0.2) is 0 Å². The van der Waals surface area contributed by atoms with Crippen molar-refractivity contribution in [3.63, 3.8) is 0 Å². The van der Waals surface area contributed by atoms with Gasteiger partial charge in [-0.15, -0.1) is 0 Å². The molecule has 0 aliphatic carbocycles. The predicted molar refractivity (Wildman–Crippen MR) is 81.8 cm³/mol. The molecule has 0 atom stereocenters. The van der Waals surface area contributed by atoms with E-state index in [0.717, 1.165) is 5.69 Å². The Morgan fingerprint density at radius 3 is 2.29 bits per heavy atom. The Kier molecular flexibility index (Phi) is 6.65. The summed E-state index contributed by atoms with van der Waals surface area (Å²) in [6, 6.07) is 8.81. The van der Waals surface area contributed by atoms with Crippen molar-refractivity contribution in [3.05, 3.63) is 58.3 Å². The molecule has 0 radical (unpaired) electrons. The Balaban J connectivity index is 0.00000220. The lowest BCUT2D eigenvalue weighted by molar-refractivity contribution is -0.683. The van der Waals surface area contributed by atoms with E-state index in [-0.39, 0.29) is 29.3 Å². The molecule has 112 valence electrons. The van der Waals surface area contributed by atoms with E-state index < -0.39 is 0 Å². The first-order valence-corrected chi connectivity index (χ1v) is 6.87. The SMILES string of the molecule is CN(C)c1cc[n+](CC(=O)c2ccc(Cl)cc2Cl)cc1.[Br-]. The van der Waals surface area contributed by atoms with Gasteiger partial charge in [0, 0.05) is 42.5 Å². The number of anilines is 1. The number of Topliss-reactive ketones (excluding diaryl/α,β-unsaturated/α-hetero) is 1. The molecular formula is C15H15BrCl2N2O. The second-order valence-corrected chi connectivity index (χ2v) is 5.51. The number of ketones is 1. The zero-order chi connectivity index (χ0) is 14.7. The molecule has 0 aliphatic rings. The van der Waals surface area contributed by atoms with Crippen LogP contribution < -0.4 is 26.4 Å². The maximum Gasteiger partial charge on any atom is 0.229 e. The number of halogens is 3. The lowest BCUT2D eigenvalue weighted by Crippen LogP contribution is -3.00. The van der Waals surface area contributed by atoms with E-state index in [1.807, 2.05) is 48.1 Å². The van der Waals surface area contributed by atoms with Crippen molar-refractivity contribution >= 4 is 34.7 Å². The van der Waals surface area contributed by atoms with Gasteiger partial charge < -0.3 is 21.9 Å². The summed E-state index contributed by atoms with van der Waals surface area (Å²) in [5, 5.41) is 0.905. The molecule has 1 aromatic carbocycles. The molecule has 0 saturated carbocycles. The molecule has 0 unspecified atom stereocenters. The van der Waals surface area contributed by atoms with E-state index >= 15 is 0 Å². The summed E-state index contributed by atoms with van der Waals surface area (Å²) in [4.78, 5) is 14.2. The third-order valence-electron chi connectivity index (χ3n) is 2.95. The molecule has 0 spiro atoms. The van der Waals surface area contributed by atoms with Crippen molar-refractivity contribution < 1.29 is 26.3 Å². The van der Waals surface area contributed by atoms with Gasteiger partial charge in [-0.05, 0) is 18.2 Å². The van der Waals surface area contributed by atoms with E-state index in [0.29, 0.717) is 15.6 Å². The van der Waals surface area contributed by atoms with Crippen molar-refractivity contribution in [1.82, 2.24) is 0 Å². The first kappa shape index (κ1) is 18.0. The summed E-state index contributed by atoms with van der Waals surface area (Å²) < 4.78 is 1.82. The van der Waals surface area contributed by atoms with Gasteiger partial charge in [-0.3, -0.25) is 4.79 Å². The van der Waals surface area contributed by atoms with Crippen LogP contribution >= 0.6 is 23.2 Å². The minimum atomic E-state index is -0.0470. The minimum absolute atomic E-state index is 0. The van der Waals surface area contributed by atoms with Crippen LogP contribution in [0.25, 0.3) is 0 Å². The number of hydrogen-bond donors (Lipinski definition) is 0. The zero-order valence-electron chi connectivity index (χ0n) is 11.7. The molecule has 0 fully saturated rings. The third-order valence-corrected chi connectivity index (χ3v) is 3.50. The number of pyridine rings is 1. The van der Waals surface area contributed by atoms with E-state index in [4.69, 9.17) is 23.2 Å². The molecule has 3 nitrogen and oxygen atoms in total. The Hall–Kier alpha value is -1.10. The molecule has 0 saturated heterocycles. The van der Waals surface area contributed by atoms with Gasteiger partial charge in [0.05, 0.1) is 5.02 Å². The van der Waals surface area contributed by atoms with Gasteiger partial charge in [0.15, 0.2) is 12.4 Å². The molecule has 1 heterocycles. The van der Waals surface area contributed by atoms with Crippen LogP contribution in [-0.2, 0) is 6.54 Å². The highest BCUT2D eigenvalue weighted by Crippen LogP contribution is 2.21. The number of benzene rings is 1. The monoisotopic (exact) mass is 388 g/mol. The summed E-state index contributed by atoms with van der Waals surface area (Å²) in [5.74, 6) is -0.0470. The van der Waals surface area contributed by atoms with Gasteiger partial charge in [-0.1, -0.05) is 23.2 Å². The highest BCUT2D eigenvalue weighted by atomic mass is 79.9. The van der Waals surface area contributed by atoms with Crippen molar-refractivity contribution in [2.45, 2.75) is 6.54 Å². The normalized spacial score (nSPS) is 9.90. The third kappa shape index (κ3) is 4.70. The molecule has 0 aliphatic heterocycles. The fraction of sp³-hybridized carbons (Fsp3) is 0.200. The maximum atomic E-state index is 12.2. The number of aromatic nitrogens is 1. The fourth-order valence-corrected chi connectivity index (χ4v) is 2.33. The summed E-state index contributed by atoms with van der Waals surface area (Å²) in [6.07, 6.45) is 3.74. The van der Waals surface area contributed by atoms with Crippen molar-refractivity contribution in [2.24, 2.45) is 0 Å². The van der Waals surface area contributed by atoms with Crippen LogP contribution in [0, 0.1) is 0 Å². The standard InChI is InChI=1S/C15H15Cl2N2O.BrH/c1-18(2)12-5-7-19(8-6-12)10-15(20)13-4-3-11(16)9-14(13)17;/h3-9H,10H2,1-2H3;1H/q+1;/p-1. The number of carbonyl (C=O) groups is 1. The topological polar surface area (TPSA) is 24.2 Å². The van der Waals surface area contributed by atoms with Crippen LogP contribution in [-0.4, -0.2) is 19.9 Å². The van der Waals surface area contributed by atoms with Gasteiger partial charge in [0.2, 0.25) is 12.3 Å². The molecule has 6 heteroatoms. The van der Waals surface area contributed by atoms with Crippen LogP contribution in [0.1, 0.15) is 10.4 Å². The zero-order valence-corrected chi connectivity index (χ0v) is 14.8. The van der Waals surface area contributed by atoms with Crippen LogP contribution in [0.4, 0.5) is 5.69 Å². The average Bonchev–Trinajstić information content (AvgIpc) is 2.39. The van der Waals surface area contributed by atoms with Crippen LogP contribution in [0.3, 0.4) is 0 Å². The Morgan fingerprint density at radius 1 is 1.14 bits per heavy atom. The lowest BCUT2D eigenvalue weighted by atomic mass is 10.1. The molecule has 0 N–H and O–H groups in total. The lowest BCUT2D eigenvalue weighted by Gasteiger charge is -2.10. The second kappa shape index (κ2) is 7.78. The molecule has 1 aromatic heterocycles. The highest BCUT2D eigenvalue weighted by Gasteiger charge is 2.15. The Bertz CT molecular complexity index is 630. The number of carbonyl (C=O) groups excluding carboxylic acids is 1. The molecule has 0 bridgehead atoms. The maximum absolute atomic E-state index is 12.2. The van der Waals surface area contributed by atoms with E-state index in [9.17, 15) is 4.79 Å². The molecular weight excluding hydrogens is 375 g/mol. The summed E-state index contributed by atoms with van der Waals surface area (Å²) in [6.45, 7) is 0.245. The van der Waals surface area contributed by atoms with Crippen molar-refractivity contribution in [3.8, 4) is 0 Å². The first-order valence-electron chi connectivity index (χ1n) is 6.12. The van der Waals surface area contributed by atoms with Gasteiger partial charge in [0.25, 0.3) is 0 Å². The molecule has 21 heavy (non-hydrogen) atoms. The molecule has 2 aromatic rings. The van der Waals surface area contributed by atoms with Gasteiger partial charge in [-0.2, -0.15) is 4.57 Å². The summed E-state index contributed by atoms with van der Waals surface area (Å²) in [5.41, 5.74) is 1.57. The molecule has 2 rings (SSSR count). The van der Waals surface area contributed by atoms with Crippen LogP contribution in [0.2, 0.25) is 10.0 Å². The van der Waals surface area contributed by atoms with E-state index in [1.165, 1.54) is 0 Å². The van der Waals surface area contributed by atoms with Crippen LogP contribution in [0.5, 0.6) is 0 Å². The molecule has 0 amide bonds. The second-order valence-electron chi connectivity index (χ2n) is 4.67. The Morgan fingerprint density at radius 2 is 1.76 bits per heavy atom. The average molecular weight is 390 g/mol. The fourth-order valence-electron chi connectivity index (χ4n) is 1.82. The minimum Gasteiger partial charge on any atom is -1.00 e. The number of nitrogens with zero attached hydrogens (tertiary/aromatic N) is 2. The predicted octanol–water partition coefficient (Wildman–Crippen LogP) is 0.234. The largest absolute Gasteiger partial charge is 1.00 e. The van der Waals surface area contributed by atoms with Crippen molar-refractivity contribution in [2.75, 3.05) is 19.0 Å². The highest BCUT2D eigenvalue weighted by molar-refractivity contribution is 6.36. The first-order chi connectivity index (χ1) is 9.47. The smallest absolute Gasteiger partial charge is 0.229 e.